The van der Waals surface area contributed by atoms with E-state index in [0.717, 1.165) is 47.5 Å². The van der Waals surface area contributed by atoms with Gasteiger partial charge in [-0.05, 0) is 86.8 Å². The molecule has 0 aliphatic carbocycles. The minimum absolute atomic E-state index is 0.0799. The van der Waals surface area contributed by atoms with Gasteiger partial charge in [0, 0.05) is 51.5 Å². The number of oxime groups is 1. The Labute approximate surface area is 239 Å². The van der Waals surface area contributed by atoms with E-state index in [1.165, 1.54) is 12.1 Å². The Kier molecular flexibility index (Phi) is 9.90. The average molecular weight is 557 g/mol. The molecule has 214 valence electrons. The molecule has 41 heavy (non-hydrogen) atoms. The highest BCUT2D eigenvalue weighted by atomic mass is 16.5. The molecule has 3 aromatic carbocycles. The Morgan fingerprint density at radius 1 is 0.780 bits per heavy atom. The van der Waals surface area contributed by atoms with Crippen molar-refractivity contribution in [2.45, 2.75) is 65.3 Å². The van der Waals surface area contributed by atoms with Gasteiger partial charge < -0.3 is 19.6 Å². The summed E-state index contributed by atoms with van der Waals surface area (Å²) in [7, 11) is 0. The molecule has 4 rings (SSSR count). The van der Waals surface area contributed by atoms with Crippen molar-refractivity contribution >= 4 is 45.1 Å². The Morgan fingerprint density at radius 3 is 2.05 bits per heavy atom. The van der Waals surface area contributed by atoms with Crippen LogP contribution in [0.5, 0.6) is 5.75 Å². The van der Waals surface area contributed by atoms with E-state index in [9.17, 15) is 24.7 Å². The number of fused-ring (bicyclic) bond motifs is 3. The second-order valence-corrected chi connectivity index (χ2v) is 10.1. The highest BCUT2D eigenvalue weighted by molar-refractivity contribution is 6.46. The molecule has 1 heterocycles. The van der Waals surface area contributed by atoms with Crippen LogP contribution in [0.1, 0.15) is 85.1 Å². The summed E-state index contributed by atoms with van der Waals surface area (Å²) in [6.07, 6.45) is 5.08. The van der Waals surface area contributed by atoms with Crippen LogP contribution in [0.3, 0.4) is 0 Å². The van der Waals surface area contributed by atoms with Gasteiger partial charge in [0.1, 0.15) is 11.5 Å². The minimum atomic E-state index is -0.328. The number of aromatic hydroxyl groups is 1. The van der Waals surface area contributed by atoms with Gasteiger partial charge in [0.05, 0.1) is 6.61 Å². The molecule has 0 amide bonds. The predicted octanol–water partition coefficient (Wildman–Crippen LogP) is 7.06. The van der Waals surface area contributed by atoms with Crippen LogP contribution in [0.2, 0.25) is 0 Å². The molecular weight excluding hydrogens is 520 g/mol. The van der Waals surface area contributed by atoms with Crippen LogP contribution >= 0.6 is 0 Å². The Hall–Kier alpha value is -4.46. The highest BCUT2D eigenvalue weighted by Gasteiger charge is 2.19. The fourth-order valence-electron chi connectivity index (χ4n) is 5.12. The van der Waals surface area contributed by atoms with Gasteiger partial charge in [0.25, 0.3) is 0 Å². The molecule has 0 aliphatic heterocycles. The highest BCUT2D eigenvalue weighted by Crippen LogP contribution is 2.32. The topological polar surface area (TPSA) is 118 Å². The number of carbonyl (C=O) groups is 3. The van der Waals surface area contributed by atoms with Gasteiger partial charge in [0.15, 0.2) is 5.78 Å². The number of hydrogen-bond acceptors (Lipinski definition) is 7. The van der Waals surface area contributed by atoms with Crippen molar-refractivity contribution in [3.8, 4) is 5.75 Å². The SMILES string of the molecule is CCCCCC/C(=N\O)C(=O)c1ccc2c(c1)c1cc(C(=O)c3ccc(O)cc3)ccc1n2CCCC(=O)OCC. The molecule has 1 aromatic heterocycles. The lowest BCUT2D eigenvalue weighted by molar-refractivity contribution is -0.143. The van der Waals surface area contributed by atoms with Gasteiger partial charge in [-0.3, -0.25) is 14.4 Å². The molecule has 0 atom stereocenters. The number of ketones is 2. The number of phenols is 1. The lowest BCUT2D eigenvalue weighted by Crippen LogP contribution is -2.14. The van der Waals surface area contributed by atoms with Crippen molar-refractivity contribution in [2.24, 2.45) is 5.16 Å². The molecule has 2 N–H and O–H groups in total. The van der Waals surface area contributed by atoms with E-state index in [4.69, 9.17) is 4.74 Å². The number of Topliss-reactive ketones (excluding diaryl/α,β-unsaturated/α-hetero) is 1. The van der Waals surface area contributed by atoms with Gasteiger partial charge >= 0.3 is 5.97 Å². The third-order valence-corrected chi connectivity index (χ3v) is 7.24. The van der Waals surface area contributed by atoms with Crippen LogP contribution in [0.15, 0.2) is 65.8 Å². The van der Waals surface area contributed by atoms with E-state index in [2.05, 4.69) is 16.6 Å². The number of ether oxygens (including phenoxy) is 1. The van der Waals surface area contributed by atoms with Crippen LogP contribution < -0.4 is 0 Å². The molecule has 0 radical (unpaired) electrons. The summed E-state index contributed by atoms with van der Waals surface area (Å²) in [5, 5.41) is 24.1. The summed E-state index contributed by atoms with van der Waals surface area (Å²) in [6, 6.07) is 16.9. The normalized spacial score (nSPS) is 11.7. The van der Waals surface area contributed by atoms with E-state index in [1.807, 2.05) is 18.2 Å². The maximum absolute atomic E-state index is 13.3. The summed E-state index contributed by atoms with van der Waals surface area (Å²) in [4.78, 5) is 38.5. The van der Waals surface area contributed by atoms with E-state index < -0.39 is 0 Å². The number of aryl methyl sites for hydroxylation is 1. The zero-order valence-corrected chi connectivity index (χ0v) is 23.6. The first-order valence-electron chi connectivity index (χ1n) is 14.2. The molecule has 0 spiro atoms. The van der Waals surface area contributed by atoms with Crippen molar-refractivity contribution in [1.82, 2.24) is 4.57 Å². The van der Waals surface area contributed by atoms with Gasteiger partial charge in [-0.2, -0.15) is 0 Å². The second kappa shape index (κ2) is 13.7. The third kappa shape index (κ3) is 6.82. The Balaban J connectivity index is 1.74. The monoisotopic (exact) mass is 556 g/mol. The Morgan fingerprint density at radius 2 is 1.41 bits per heavy atom. The number of nitrogens with zero attached hydrogens (tertiary/aromatic N) is 2. The first-order chi connectivity index (χ1) is 19.9. The van der Waals surface area contributed by atoms with Gasteiger partial charge in [-0.15, -0.1) is 0 Å². The first kappa shape index (κ1) is 29.5. The lowest BCUT2D eigenvalue weighted by Gasteiger charge is -2.08. The predicted molar refractivity (Wildman–Crippen MR) is 159 cm³/mol. The van der Waals surface area contributed by atoms with Crippen LogP contribution in [0.25, 0.3) is 21.8 Å². The largest absolute Gasteiger partial charge is 0.508 e. The molecule has 0 saturated carbocycles. The molecule has 0 fully saturated rings. The average Bonchev–Trinajstić information content (AvgIpc) is 3.29. The number of aromatic nitrogens is 1. The number of benzene rings is 3. The number of unbranched alkanes of at least 4 members (excludes halogenated alkanes) is 3. The van der Waals surface area contributed by atoms with Crippen molar-refractivity contribution in [3.63, 3.8) is 0 Å². The molecule has 4 aromatic rings. The van der Waals surface area contributed by atoms with Gasteiger partial charge in [0.2, 0.25) is 5.78 Å². The second-order valence-electron chi connectivity index (χ2n) is 10.1. The zero-order chi connectivity index (χ0) is 29.4. The lowest BCUT2D eigenvalue weighted by atomic mass is 9.98. The fraction of sp³-hybridized carbons (Fsp3) is 0.333. The number of esters is 1. The molecule has 0 aliphatic rings. The van der Waals surface area contributed by atoms with Crippen LogP contribution in [-0.4, -0.2) is 44.7 Å². The smallest absolute Gasteiger partial charge is 0.305 e. The van der Waals surface area contributed by atoms with Crippen molar-refractivity contribution < 1.29 is 29.4 Å². The molecule has 8 heteroatoms. The summed E-state index contributed by atoms with van der Waals surface area (Å²) < 4.78 is 7.16. The van der Waals surface area contributed by atoms with Gasteiger partial charge in [-0.1, -0.05) is 31.3 Å². The summed E-state index contributed by atoms with van der Waals surface area (Å²) in [6.45, 7) is 4.76. The van der Waals surface area contributed by atoms with E-state index >= 15 is 0 Å². The summed E-state index contributed by atoms with van der Waals surface area (Å²) in [5.41, 5.74) is 3.18. The Bertz CT molecular complexity index is 1580. The van der Waals surface area contributed by atoms with Crippen molar-refractivity contribution in [2.75, 3.05) is 6.61 Å². The maximum Gasteiger partial charge on any atom is 0.305 e. The minimum Gasteiger partial charge on any atom is -0.508 e. The van der Waals surface area contributed by atoms with Crippen LogP contribution in [0, 0.1) is 0 Å². The van der Waals surface area contributed by atoms with E-state index in [-0.39, 0.29) is 35.4 Å². The molecule has 0 saturated heterocycles. The summed E-state index contributed by atoms with van der Waals surface area (Å²) in [5.74, 6) is -0.691. The number of phenolic OH excluding ortho intramolecular Hbond substituents is 1. The fourth-order valence-corrected chi connectivity index (χ4v) is 5.12. The van der Waals surface area contributed by atoms with E-state index in [1.54, 1.807) is 37.3 Å². The van der Waals surface area contributed by atoms with Gasteiger partial charge in [-0.25, -0.2) is 0 Å². The maximum atomic E-state index is 13.3. The molecule has 0 bridgehead atoms. The van der Waals surface area contributed by atoms with E-state index in [0.29, 0.717) is 42.7 Å². The van der Waals surface area contributed by atoms with Crippen LogP contribution in [0.4, 0.5) is 0 Å². The first-order valence-corrected chi connectivity index (χ1v) is 14.2. The quantitative estimate of drug-likeness (QED) is 0.0429. The summed E-state index contributed by atoms with van der Waals surface area (Å²) >= 11 is 0. The molecule has 0 unspecified atom stereocenters. The van der Waals surface area contributed by atoms with Crippen LogP contribution in [-0.2, 0) is 16.1 Å². The zero-order valence-electron chi connectivity index (χ0n) is 23.6. The van der Waals surface area contributed by atoms with Crippen molar-refractivity contribution in [3.05, 3.63) is 77.4 Å². The van der Waals surface area contributed by atoms with Crippen molar-refractivity contribution in [1.29, 1.82) is 0 Å². The standard InChI is InChI=1S/C33H36N2O6/c1-3-5-6-7-9-28(34-40)33(39)24-14-18-30-27(21-24)26-20-23(32(38)22-11-15-25(36)16-12-22)13-17-29(26)35(30)19-8-10-31(37)41-4-2/h11-18,20-21,36,40H,3-10,19H2,1-2H3/b34-28+. The molecule has 8 nitrogen and oxygen atoms in total. The third-order valence-electron chi connectivity index (χ3n) is 7.24. The number of rotatable bonds is 14. The molecular formula is C33H36N2O6. The number of carbonyl (C=O) groups excluding carboxylic acids is 3. The number of hydrogen-bond donors (Lipinski definition) is 2.